The van der Waals surface area contributed by atoms with Crippen molar-refractivity contribution in [3.05, 3.63) is 83.2 Å². The third kappa shape index (κ3) is 2.74. The smallest absolute Gasteiger partial charge is 0.296 e. The van der Waals surface area contributed by atoms with Crippen LogP contribution in [0.25, 0.3) is 10.2 Å². The molecule has 3 aromatic heterocycles. The summed E-state index contributed by atoms with van der Waals surface area (Å²) in [6.07, 6.45) is 2.79. The number of amides is 1. The van der Waals surface area contributed by atoms with Gasteiger partial charge in [0.1, 0.15) is 17.6 Å². The number of fused-ring (bicyclic) bond motifs is 1. The van der Waals surface area contributed by atoms with Gasteiger partial charge in [-0.15, -0.1) is 0 Å². The zero-order chi connectivity index (χ0) is 21.0. The minimum absolute atomic E-state index is 0.00330. The highest BCUT2D eigenvalue weighted by molar-refractivity contribution is 7.22. The molecule has 150 valence electrons. The quantitative estimate of drug-likeness (QED) is 0.477. The number of carbonyl (C=O) groups is 2. The Bertz CT molecular complexity index is 1330. The number of hydrogen-bond donors (Lipinski definition) is 1. The predicted octanol–water partition coefficient (Wildman–Crippen LogP) is 4.71. The number of ketones is 1. The van der Waals surface area contributed by atoms with Crippen molar-refractivity contribution in [1.29, 1.82) is 0 Å². The number of aromatic nitrogens is 1. The molecule has 0 spiro atoms. The molecule has 0 saturated carbocycles. The monoisotopic (exact) mass is 424 g/mol. The van der Waals surface area contributed by atoms with Gasteiger partial charge in [-0.3, -0.25) is 14.5 Å². The third-order valence-corrected chi connectivity index (χ3v) is 5.84. The molecule has 7 nitrogen and oxygen atoms in total. The number of benzene rings is 1. The molecule has 0 saturated heterocycles. The molecular weight excluding hydrogens is 411 g/mol. The van der Waals surface area contributed by atoms with Gasteiger partial charge in [-0.2, -0.15) is 0 Å². The van der Waals surface area contributed by atoms with Gasteiger partial charge in [0.15, 0.2) is 16.7 Å². The molecule has 1 aromatic carbocycles. The summed E-state index contributed by atoms with van der Waals surface area (Å²) in [5, 5.41) is 10.8. The molecule has 1 atom stereocenters. The van der Waals surface area contributed by atoms with E-state index in [-0.39, 0.29) is 16.5 Å². The standard InChI is InChI=1S/C21H13FN2O5S/c1-10-2-5-14(29-10)18(25)16-17(11-6-7-28-9-11)24(20(27)19(16)26)21-23-13-4-3-12(22)8-15(13)30-21/h2-9,17,26H,1H3. The van der Waals surface area contributed by atoms with Crippen LogP contribution in [0.15, 0.2) is 69.1 Å². The van der Waals surface area contributed by atoms with Gasteiger partial charge in [-0.1, -0.05) is 11.3 Å². The van der Waals surface area contributed by atoms with E-state index in [0.29, 0.717) is 21.5 Å². The topological polar surface area (TPSA) is 96.8 Å². The fourth-order valence-electron chi connectivity index (χ4n) is 3.46. The molecule has 1 unspecified atom stereocenters. The van der Waals surface area contributed by atoms with E-state index in [1.165, 1.54) is 41.7 Å². The zero-order valence-corrected chi connectivity index (χ0v) is 16.3. The van der Waals surface area contributed by atoms with Gasteiger partial charge in [0, 0.05) is 5.56 Å². The van der Waals surface area contributed by atoms with Crippen molar-refractivity contribution in [2.24, 2.45) is 0 Å². The van der Waals surface area contributed by atoms with E-state index < -0.39 is 29.3 Å². The summed E-state index contributed by atoms with van der Waals surface area (Å²) >= 11 is 1.08. The molecule has 1 aliphatic heterocycles. The lowest BCUT2D eigenvalue weighted by molar-refractivity contribution is -0.117. The molecule has 0 bridgehead atoms. The second kappa shape index (κ2) is 6.67. The highest BCUT2D eigenvalue weighted by atomic mass is 32.1. The summed E-state index contributed by atoms with van der Waals surface area (Å²) in [7, 11) is 0. The van der Waals surface area contributed by atoms with Crippen LogP contribution in [0.1, 0.15) is 27.9 Å². The van der Waals surface area contributed by atoms with Crippen molar-refractivity contribution in [2.75, 3.05) is 4.90 Å². The van der Waals surface area contributed by atoms with Crippen molar-refractivity contribution in [3.8, 4) is 0 Å². The minimum atomic E-state index is -0.973. The number of nitrogens with zero attached hydrogens (tertiary/aromatic N) is 2. The molecule has 1 aliphatic rings. The van der Waals surface area contributed by atoms with Crippen LogP contribution in [-0.4, -0.2) is 21.8 Å². The zero-order valence-electron chi connectivity index (χ0n) is 15.5. The van der Waals surface area contributed by atoms with Crippen LogP contribution in [0.2, 0.25) is 0 Å². The minimum Gasteiger partial charge on any atom is -0.503 e. The number of aliphatic hydroxyl groups excluding tert-OH is 1. The number of halogens is 1. The first-order valence-electron chi connectivity index (χ1n) is 8.90. The first kappa shape index (κ1) is 18.3. The second-order valence-electron chi connectivity index (χ2n) is 6.74. The largest absolute Gasteiger partial charge is 0.503 e. The SMILES string of the molecule is Cc1ccc(C(=O)C2=C(O)C(=O)N(c3nc4ccc(F)cc4s3)C2c2ccoc2)o1. The molecule has 30 heavy (non-hydrogen) atoms. The van der Waals surface area contributed by atoms with Crippen molar-refractivity contribution in [2.45, 2.75) is 13.0 Å². The van der Waals surface area contributed by atoms with Gasteiger partial charge >= 0.3 is 0 Å². The van der Waals surface area contributed by atoms with Gasteiger partial charge in [0.25, 0.3) is 5.91 Å². The lowest BCUT2D eigenvalue weighted by Gasteiger charge is -2.22. The number of aryl methyl sites for hydroxylation is 1. The number of anilines is 1. The van der Waals surface area contributed by atoms with E-state index in [1.807, 2.05) is 0 Å². The number of carbonyl (C=O) groups excluding carboxylic acids is 2. The molecule has 4 heterocycles. The molecule has 9 heteroatoms. The molecule has 1 N–H and O–H groups in total. The Morgan fingerprint density at radius 3 is 2.80 bits per heavy atom. The van der Waals surface area contributed by atoms with E-state index in [4.69, 9.17) is 8.83 Å². The van der Waals surface area contributed by atoms with Crippen LogP contribution in [0.3, 0.4) is 0 Å². The van der Waals surface area contributed by atoms with Gasteiger partial charge in [-0.05, 0) is 43.3 Å². The first-order valence-corrected chi connectivity index (χ1v) is 9.71. The number of hydrogen-bond acceptors (Lipinski definition) is 7. The Hall–Kier alpha value is -3.72. The lowest BCUT2D eigenvalue weighted by Crippen LogP contribution is -2.30. The van der Waals surface area contributed by atoms with Crippen LogP contribution >= 0.6 is 11.3 Å². The number of furan rings is 2. The normalized spacial score (nSPS) is 16.8. The van der Waals surface area contributed by atoms with E-state index >= 15 is 0 Å². The number of rotatable bonds is 4. The second-order valence-corrected chi connectivity index (χ2v) is 7.75. The summed E-state index contributed by atoms with van der Waals surface area (Å²) in [4.78, 5) is 31.8. The van der Waals surface area contributed by atoms with Crippen molar-refractivity contribution >= 4 is 38.4 Å². The van der Waals surface area contributed by atoms with E-state index in [9.17, 15) is 19.1 Å². The molecular formula is C21H13FN2O5S. The first-order chi connectivity index (χ1) is 14.4. The molecule has 5 rings (SSSR count). The summed E-state index contributed by atoms with van der Waals surface area (Å²) in [6.45, 7) is 1.69. The van der Waals surface area contributed by atoms with Crippen LogP contribution in [0.4, 0.5) is 9.52 Å². The average molecular weight is 424 g/mol. The molecule has 4 aromatic rings. The maximum atomic E-state index is 13.6. The highest BCUT2D eigenvalue weighted by Crippen LogP contribution is 2.44. The van der Waals surface area contributed by atoms with Crippen molar-refractivity contribution in [1.82, 2.24) is 4.98 Å². The average Bonchev–Trinajstić information content (AvgIpc) is 3.49. The molecule has 0 aliphatic carbocycles. The van der Waals surface area contributed by atoms with Crippen LogP contribution in [-0.2, 0) is 4.79 Å². The van der Waals surface area contributed by atoms with Gasteiger partial charge < -0.3 is 13.9 Å². The van der Waals surface area contributed by atoms with Crippen molar-refractivity contribution in [3.63, 3.8) is 0 Å². The summed E-state index contributed by atoms with van der Waals surface area (Å²) in [5.41, 5.74) is 0.835. The van der Waals surface area contributed by atoms with Crippen LogP contribution in [0, 0.1) is 12.7 Å². The maximum absolute atomic E-state index is 13.6. The van der Waals surface area contributed by atoms with Crippen LogP contribution in [0.5, 0.6) is 0 Å². The predicted molar refractivity (Wildman–Crippen MR) is 106 cm³/mol. The van der Waals surface area contributed by atoms with Gasteiger partial charge in [0.2, 0.25) is 5.78 Å². The van der Waals surface area contributed by atoms with E-state index in [2.05, 4.69) is 4.98 Å². The lowest BCUT2D eigenvalue weighted by atomic mass is 9.97. The van der Waals surface area contributed by atoms with Crippen LogP contribution < -0.4 is 4.90 Å². The Balaban J connectivity index is 1.66. The summed E-state index contributed by atoms with van der Waals surface area (Å²) in [5.74, 6) is -1.99. The van der Waals surface area contributed by atoms with Gasteiger partial charge in [-0.25, -0.2) is 9.37 Å². The Morgan fingerprint density at radius 1 is 1.27 bits per heavy atom. The summed E-state index contributed by atoms with van der Waals surface area (Å²) in [6, 6.07) is 7.82. The van der Waals surface area contributed by atoms with Crippen molar-refractivity contribution < 1.29 is 27.9 Å². The highest BCUT2D eigenvalue weighted by Gasteiger charge is 2.47. The van der Waals surface area contributed by atoms with E-state index in [1.54, 1.807) is 19.1 Å². The van der Waals surface area contributed by atoms with Gasteiger partial charge in [0.05, 0.1) is 28.3 Å². The molecule has 0 radical (unpaired) electrons. The molecule has 0 fully saturated rings. The third-order valence-electron chi connectivity index (χ3n) is 4.82. The summed E-state index contributed by atoms with van der Waals surface area (Å²) < 4.78 is 24.7. The maximum Gasteiger partial charge on any atom is 0.296 e. The molecule has 1 amide bonds. The Labute approximate surface area is 172 Å². The Morgan fingerprint density at radius 2 is 2.10 bits per heavy atom. The fourth-order valence-corrected chi connectivity index (χ4v) is 4.48. The fraction of sp³-hybridized carbons (Fsp3) is 0.0952. The number of aliphatic hydroxyl groups is 1. The number of thiazole rings is 1. The number of Topliss-reactive ketones (excluding diaryl/α,β-unsaturated/α-hetero) is 1. The Kier molecular flexibility index (Phi) is 4.07. The van der Waals surface area contributed by atoms with E-state index in [0.717, 1.165) is 11.3 Å².